The van der Waals surface area contributed by atoms with Gasteiger partial charge < -0.3 is 5.32 Å². The van der Waals surface area contributed by atoms with Gasteiger partial charge in [0.05, 0.1) is 5.25 Å². The van der Waals surface area contributed by atoms with Gasteiger partial charge in [0.25, 0.3) is 0 Å². The summed E-state index contributed by atoms with van der Waals surface area (Å²) >= 11 is 7.37. The van der Waals surface area contributed by atoms with E-state index in [0.717, 1.165) is 16.9 Å². The number of rotatable bonds is 6. The van der Waals surface area contributed by atoms with Gasteiger partial charge in [-0.15, -0.1) is 11.8 Å². The van der Waals surface area contributed by atoms with E-state index in [0.29, 0.717) is 11.6 Å². The van der Waals surface area contributed by atoms with Gasteiger partial charge in [0.2, 0.25) is 5.91 Å². The molecule has 1 N–H and O–H groups in total. The molecule has 0 aliphatic carbocycles. The Kier molecular flexibility index (Phi) is 6.28. The van der Waals surface area contributed by atoms with Gasteiger partial charge in [-0.1, -0.05) is 30.7 Å². The maximum atomic E-state index is 12.8. The standard InChI is InChI=1S/C17H17ClFNOS/c1-2-16(22-15-9-5-13(18)6-10-15)17(21)20-11-12-3-7-14(19)8-4-12/h3-10,16H,2,11H2,1H3,(H,20,21)/t16-/m1/s1. The summed E-state index contributed by atoms with van der Waals surface area (Å²) in [5, 5.41) is 3.41. The van der Waals surface area contributed by atoms with Crippen LogP contribution >= 0.6 is 23.4 Å². The highest BCUT2D eigenvalue weighted by molar-refractivity contribution is 8.00. The fourth-order valence-corrected chi connectivity index (χ4v) is 3.01. The highest BCUT2D eigenvalue weighted by Crippen LogP contribution is 2.26. The molecule has 2 aromatic carbocycles. The molecule has 0 aliphatic heterocycles. The summed E-state index contributed by atoms with van der Waals surface area (Å²) in [4.78, 5) is 13.3. The van der Waals surface area contributed by atoms with Crippen molar-refractivity contribution in [1.82, 2.24) is 5.32 Å². The SMILES string of the molecule is CC[C@@H](Sc1ccc(Cl)cc1)C(=O)NCc1ccc(F)cc1. The van der Waals surface area contributed by atoms with Crippen molar-refractivity contribution >= 4 is 29.3 Å². The molecule has 0 saturated heterocycles. The van der Waals surface area contributed by atoms with Crippen LogP contribution in [0.2, 0.25) is 5.02 Å². The lowest BCUT2D eigenvalue weighted by molar-refractivity contribution is -0.120. The van der Waals surface area contributed by atoms with E-state index in [1.54, 1.807) is 12.1 Å². The lowest BCUT2D eigenvalue weighted by Crippen LogP contribution is -2.31. The normalized spacial score (nSPS) is 12.0. The van der Waals surface area contributed by atoms with Crippen molar-refractivity contribution in [3.63, 3.8) is 0 Å². The minimum Gasteiger partial charge on any atom is -0.351 e. The topological polar surface area (TPSA) is 29.1 Å². The van der Waals surface area contributed by atoms with Gasteiger partial charge in [-0.25, -0.2) is 4.39 Å². The van der Waals surface area contributed by atoms with Crippen LogP contribution in [0.1, 0.15) is 18.9 Å². The minimum atomic E-state index is -0.278. The van der Waals surface area contributed by atoms with E-state index in [-0.39, 0.29) is 17.0 Å². The summed E-state index contributed by atoms with van der Waals surface area (Å²) in [6.45, 7) is 2.38. The molecule has 2 aromatic rings. The van der Waals surface area contributed by atoms with E-state index < -0.39 is 0 Å². The van der Waals surface area contributed by atoms with Crippen LogP contribution in [0, 0.1) is 5.82 Å². The van der Waals surface area contributed by atoms with Gasteiger partial charge in [0.1, 0.15) is 5.82 Å². The molecule has 1 atom stereocenters. The average molecular weight is 338 g/mol. The summed E-state index contributed by atoms with van der Waals surface area (Å²) in [7, 11) is 0. The number of amides is 1. The van der Waals surface area contributed by atoms with Crippen LogP contribution in [0.5, 0.6) is 0 Å². The summed E-state index contributed by atoms with van der Waals surface area (Å²) in [5.41, 5.74) is 0.876. The van der Waals surface area contributed by atoms with Gasteiger partial charge >= 0.3 is 0 Å². The van der Waals surface area contributed by atoms with Crippen LogP contribution in [-0.4, -0.2) is 11.2 Å². The zero-order chi connectivity index (χ0) is 15.9. The largest absolute Gasteiger partial charge is 0.351 e. The number of benzene rings is 2. The second-order valence-corrected chi connectivity index (χ2v) is 6.53. The maximum Gasteiger partial charge on any atom is 0.233 e. The minimum absolute atomic E-state index is 0.0215. The summed E-state index contributed by atoms with van der Waals surface area (Å²) in [5.74, 6) is -0.299. The van der Waals surface area contributed by atoms with E-state index in [2.05, 4.69) is 5.32 Å². The zero-order valence-electron chi connectivity index (χ0n) is 12.2. The smallest absolute Gasteiger partial charge is 0.233 e. The first-order valence-corrected chi connectivity index (χ1v) is 8.28. The molecule has 2 nitrogen and oxygen atoms in total. The Bertz CT molecular complexity index is 616. The summed E-state index contributed by atoms with van der Waals surface area (Å²) in [6, 6.07) is 13.6. The molecule has 0 aromatic heterocycles. The van der Waals surface area contributed by atoms with Crippen LogP contribution in [0.3, 0.4) is 0 Å². The molecule has 0 radical (unpaired) electrons. The van der Waals surface area contributed by atoms with Crippen molar-refractivity contribution in [3.05, 3.63) is 64.9 Å². The molecule has 2 rings (SSSR count). The molecule has 0 bridgehead atoms. The Morgan fingerprint density at radius 1 is 1.18 bits per heavy atom. The Balaban J connectivity index is 1.91. The molecule has 0 aliphatic rings. The maximum absolute atomic E-state index is 12.8. The van der Waals surface area contributed by atoms with Crippen molar-refractivity contribution < 1.29 is 9.18 Å². The number of halogens is 2. The molecular formula is C17H17ClFNOS. The molecule has 0 fully saturated rings. The van der Waals surface area contributed by atoms with E-state index in [4.69, 9.17) is 11.6 Å². The fraction of sp³-hybridized carbons (Fsp3) is 0.235. The Labute approximate surface area is 139 Å². The highest BCUT2D eigenvalue weighted by atomic mass is 35.5. The number of nitrogens with one attached hydrogen (secondary N) is 1. The van der Waals surface area contributed by atoms with Crippen molar-refractivity contribution in [3.8, 4) is 0 Å². The Hall–Kier alpha value is -1.52. The number of thioether (sulfide) groups is 1. The molecule has 0 spiro atoms. The van der Waals surface area contributed by atoms with Crippen LogP contribution in [-0.2, 0) is 11.3 Å². The zero-order valence-corrected chi connectivity index (χ0v) is 13.8. The van der Waals surface area contributed by atoms with Gasteiger partial charge in [-0.3, -0.25) is 4.79 Å². The van der Waals surface area contributed by atoms with Crippen LogP contribution in [0.15, 0.2) is 53.4 Å². The predicted molar refractivity (Wildman–Crippen MR) is 89.6 cm³/mol. The van der Waals surface area contributed by atoms with Crippen LogP contribution < -0.4 is 5.32 Å². The van der Waals surface area contributed by atoms with Gasteiger partial charge in [-0.2, -0.15) is 0 Å². The number of carbonyl (C=O) groups excluding carboxylic acids is 1. The van der Waals surface area contributed by atoms with E-state index in [1.165, 1.54) is 23.9 Å². The third-order valence-corrected chi connectivity index (χ3v) is 4.76. The Morgan fingerprint density at radius 3 is 2.41 bits per heavy atom. The number of hydrogen-bond acceptors (Lipinski definition) is 2. The van der Waals surface area contributed by atoms with E-state index in [9.17, 15) is 9.18 Å². The summed E-state index contributed by atoms with van der Waals surface area (Å²) < 4.78 is 12.8. The second-order valence-electron chi connectivity index (χ2n) is 4.81. The molecular weight excluding hydrogens is 321 g/mol. The van der Waals surface area contributed by atoms with Crippen molar-refractivity contribution in [1.29, 1.82) is 0 Å². The monoisotopic (exact) mass is 337 g/mol. The van der Waals surface area contributed by atoms with E-state index >= 15 is 0 Å². The van der Waals surface area contributed by atoms with Gasteiger partial charge in [0, 0.05) is 16.5 Å². The predicted octanol–water partition coefficient (Wildman–Crippen LogP) is 4.67. The van der Waals surface area contributed by atoms with Gasteiger partial charge in [0.15, 0.2) is 0 Å². The molecule has 5 heteroatoms. The molecule has 116 valence electrons. The second kappa shape index (κ2) is 8.20. The van der Waals surface area contributed by atoms with Crippen LogP contribution in [0.25, 0.3) is 0 Å². The third kappa shape index (κ3) is 5.04. The van der Waals surface area contributed by atoms with Crippen molar-refractivity contribution in [2.75, 3.05) is 0 Å². The van der Waals surface area contributed by atoms with Crippen molar-refractivity contribution in [2.24, 2.45) is 0 Å². The molecule has 0 saturated carbocycles. The average Bonchev–Trinajstić information content (AvgIpc) is 2.53. The highest BCUT2D eigenvalue weighted by Gasteiger charge is 2.17. The van der Waals surface area contributed by atoms with E-state index in [1.807, 2.05) is 31.2 Å². The number of carbonyl (C=O) groups is 1. The van der Waals surface area contributed by atoms with Gasteiger partial charge in [-0.05, 0) is 48.4 Å². The Morgan fingerprint density at radius 2 is 1.82 bits per heavy atom. The molecule has 0 unspecified atom stereocenters. The fourth-order valence-electron chi connectivity index (χ4n) is 1.90. The third-order valence-electron chi connectivity index (χ3n) is 3.14. The lowest BCUT2D eigenvalue weighted by atomic mass is 10.2. The quantitative estimate of drug-likeness (QED) is 0.776. The van der Waals surface area contributed by atoms with Crippen molar-refractivity contribution in [2.45, 2.75) is 30.0 Å². The lowest BCUT2D eigenvalue weighted by Gasteiger charge is -2.15. The summed E-state index contributed by atoms with van der Waals surface area (Å²) in [6.07, 6.45) is 0.725. The first-order valence-electron chi connectivity index (χ1n) is 7.03. The van der Waals surface area contributed by atoms with Crippen LogP contribution in [0.4, 0.5) is 4.39 Å². The molecule has 1 amide bonds. The number of hydrogen-bond donors (Lipinski definition) is 1. The first-order chi connectivity index (χ1) is 10.6. The first kappa shape index (κ1) is 16.8. The molecule has 0 heterocycles. The molecule has 22 heavy (non-hydrogen) atoms.